The first-order valence-corrected chi connectivity index (χ1v) is 12.5. The summed E-state index contributed by atoms with van der Waals surface area (Å²) in [5.41, 5.74) is 3.70. The standard InChI is InChI=1S/C24H31N3O3S/c1-19-7-6-8-21(17-19)25-13-15-26(16-14-25)24(28)23-18-22(10-9-20(23)2)31(29,30)27-11-4-3-5-12-27/h6-10,17-18H,3-5,11-16H2,1-2H3. The van der Waals surface area contributed by atoms with E-state index in [4.69, 9.17) is 0 Å². The lowest BCUT2D eigenvalue weighted by Crippen LogP contribution is -2.49. The molecule has 2 fully saturated rings. The molecule has 0 atom stereocenters. The molecule has 7 heteroatoms. The predicted octanol–water partition coefficient (Wildman–Crippen LogP) is 3.44. The van der Waals surface area contributed by atoms with Crippen LogP contribution in [0.3, 0.4) is 0 Å². The second-order valence-corrected chi connectivity index (χ2v) is 10.5. The molecular formula is C24H31N3O3S. The Morgan fingerprint density at radius 1 is 0.839 bits per heavy atom. The maximum atomic E-state index is 13.3. The molecule has 1 amide bonds. The lowest BCUT2D eigenvalue weighted by Gasteiger charge is -2.36. The van der Waals surface area contributed by atoms with Crippen molar-refractivity contribution in [3.63, 3.8) is 0 Å². The molecule has 0 unspecified atom stereocenters. The fraction of sp³-hybridized carbons (Fsp3) is 0.458. The van der Waals surface area contributed by atoms with Crippen molar-refractivity contribution in [1.29, 1.82) is 0 Å². The SMILES string of the molecule is Cc1cccc(N2CCN(C(=O)c3cc(S(=O)(=O)N4CCCCC4)ccc3C)CC2)c1. The van der Waals surface area contributed by atoms with Gasteiger partial charge < -0.3 is 9.80 Å². The summed E-state index contributed by atoms with van der Waals surface area (Å²) in [6.45, 7) is 7.83. The molecule has 0 bridgehead atoms. The van der Waals surface area contributed by atoms with E-state index in [0.29, 0.717) is 31.7 Å². The van der Waals surface area contributed by atoms with Crippen molar-refractivity contribution in [2.45, 2.75) is 38.0 Å². The summed E-state index contributed by atoms with van der Waals surface area (Å²) in [6.07, 6.45) is 2.85. The van der Waals surface area contributed by atoms with Crippen LogP contribution in [0.15, 0.2) is 47.4 Å². The Morgan fingerprint density at radius 2 is 1.55 bits per heavy atom. The van der Waals surface area contributed by atoms with E-state index in [1.165, 1.54) is 11.3 Å². The zero-order valence-corrected chi connectivity index (χ0v) is 19.2. The van der Waals surface area contributed by atoms with Crippen molar-refractivity contribution >= 4 is 21.6 Å². The summed E-state index contributed by atoms with van der Waals surface area (Å²) in [4.78, 5) is 17.6. The molecular weight excluding hydrogens is 410 g/mol. The number of hydrogen-bond donors (Lipinski definition) is 0. The van der Waals surface area contributed by atoms with E-state index in [1.807, 2.05) is 11.8 Å². The molecule has 2 saturated heterocycles. The van der Waals surface area contributed by atoms with Crippen LogP contribution in [-0.2, 0) is 10.0 Å². The molecule has 0 aliphatic carbocycles. The van der Waals surface area contributed by atoms with Crippen LogP contribution < -0.4 is 4.90 Å². The van der Waals surface area contributed by atoms with Gasteiger partial charge >= 0.3 is 0 Å². The van der Waals surface area contributed by atoms with Gasteiger partial charge in [0.25, 0.3) is 5.91 Å². The van der Waals surface area contributed by atoms with Crippen LogP contribution in [0.5, 0.6) is 0 Å². The van der Waals surface area contributed by atoms with Crippen molar-refractivity contribution in [1.82, 2.24) is 9.21 Å². The van der Waals surface area contributed by atoms with Gasteiger partial charge in [0.1, 0.15) is 0 Å². The highest BCUT2D eigenvalue weighted by Crippen LogP contribution is 2.24. The van der Waals surface area contributed by atoms with E-state index in [2.05, 4.69) is 36.1 Å². The third-order valence-corrected chi connectivity index (χ3v) is 8.22. The molecule has 2 aliphatic rings. The van der Waals surface area contributed by atoms with Crippen LogP contribution in [-0.4, -0.2) is 62.8 Å². The highest BCUT2D eigenvalue weighted by atomic mass is 32.2. The van der Waals surface area contributed by atoms with Crippen molar-refractivity contribution in [2.75, 3.05) is 44.2 Å². The van der Waals surface area contributed by atoms with Gasteiger partial charge in [-0.25, -0.2) is 8.42 Å². The zero-order valence-electron chi connectivity index (χ0n) is 18.4. The van der Waals surface area contributed by atoms with E-state index < -0.39 is 10.0 Å². The Balaban J connectivity index is 1.49. The molecule has 166 valence electrons. The van der Waals surface area contributed by atoms with Crippen LogP contribution >= 0.6 is 0 Å². The maximum absolute atomic E-state index is 13.3. The molecule has 2 aromatic rings. The van der Waals surface area contributed by atoms with Crippen molar-refractivity contribution in [2.24, 2.45) is 0 Å². The molecule has 4 rings (SSSR count). The predicted molar refractivity (Wildman–Crippen MR) is 123 cm³/mol. The second-order valence-electron chi connectivity index (χ2n) is 8.56. The highest BCUT2D eigenvalue weighted by molar-refractivity contribution is 7.89. The normalized spacial score (nSPS) is 18.3. The summed E-state index contributed by atoms with van der Waals surface area (Å²) < 4.78 is 27.7. The Bertz CT molecular complexity index is 1050. The van der Waals surface area contributed by atoms with Crippen molar-refractivity contribution < 1.29 is 13.2 Å². The number of piperidine rings is 1. The van der Waals surface area contributed by atoms with Gasteiger partial charge in [0, 0.05) is 50.5 Å². The van der Waals surface area contributed by atoms with E-state index in [1.54, 1.807) is 22.5 Å². The fourth-order valence-corrected chi connectivity index (χ4v) is 5.95. The van der Waals surface area contributed by atoms with Gasteiger partial charge in [-0.3, -0.25) is 4.79 Å². The molecule has 0 aromatic heterocycles. The van der Waals surface area contributed by atoms with Crippen molar-refractivity contribution in [3.8, 4) is 0 Å². The largest absolute Gasteiger partial charge is 0.368 e. The molecule has 2 aliphatic heterocycles. The van der Waals surface area contributed by atoms with E-state index >= 15 is 0 Å². The third-order valence-electron chi connectivity index (χ3n) is 6.33. The number of piperazine rings is 1. The summed E-state index contributed by atoms with van der Waals surface area (Å²) in [5, 5.41) is 0. The van der Waals surface area contributed by atoms with Crippen LogP contribution in [0, 0.1) is 13.8 Å². The number of hydrogen-bond acceptors (Lipinski definition) is 4. The van der Waals surface area contributed by atoms with E-state index in [0.717, 1.165) is 37.9 Å². The third kappa shape index (κ3) is 4.62. The Labute approximate surface area is 185 Å². The molecule has 2 heterocycles. The van der Waals surface area contributed by atoms with Gasteiger partial charge in [0.15, 0.2) is 0 Å². The summed E-state index contributed by atoms with van der Waals surface area (Å²) >= 11 is 0. The second kappa shape index (κ2) is 9.01. The van der Waals surface area contributed by atoms with Gasteiger partial charge in [0.05, 0.1) is 4.90 Å². The zero-order chi connectivity index (χ0) is 22.0. The number of nitrogens with zero attached hydrogens (tertiary/aromatic N) is 3. The highest BCUT2D eigenvalue weighted by Gasteiger charge is 2.29. The van der Waals surface area contributed by atoms with Gasteiger partial charge in [-0.1, -0.05) is 24.6 Å². The number of amides is 1. The van der Waals surface area contributed by atoms with Gasteiger partial charge in [-0.2, -0.15) is 4.31 Å². The molecule has 0 spiro atoms. The number of carbonyl (C=O) groups excluding carboxylic acids is 1. The van der Waals surface area contributed by atoms with Gasteiger partial charge in [-0.15, -0.1) is 0 Å². The molecule has 6 nitrogen and oxygen atoms in total. The van der Waals surface area contributed by atoms with Crippen LogP contribution in [0.4, 0.5) is 5.69 Å². The molecule has 31 heavy (non-hydrogen) atoms. The number of carbonyl (C=O) groups is 1. The van der Waals surface area contributed by atoms with Crippen molar-refractivity contribution in [3.05, 3.63) is 59.2 Å². The summed E-state index contributed by atoms with van der Waals surface area (Å²) in [5.74, 6) is -0.0860. The average Bonchev–Trinajstić information content (AvgIpc) is 2.79. The number of sulfonamides is 1. The van der Waals surface area contributed by atoms with Gasteiger partial charge in [0.2, 0.25) is 10.0 Å². The first-order valence-electron chi connectivity index (χ1n) is 11.1. The molecule has 0 radical (unpaired) electrons. The minimum atomic E-state index is -3.56. The number of anilines is 1. The lowest BCUT2D eigenvalue weighted by molar-refractivity contribution is 0.0746. The maximum Gasteiger partial charge on any atom is 0.254 e. The number of aryl methyl sites for hydroxylation is 2. The molecule has 0 saturated carbocycles. The summed E-state index contributed by atoms with van der Waals surface area (Å²) in [6, 6.07) is 13.4. The Kier molecular flexibility index (Phi) is 6.34. The summed E-state index contributed by atoms with van der Waals surface area (Å²) in [7, 11) is -3.56. The minimum Gasteiger partial charge on any atom is -0.368 e. The molecule has 2 aromatic carbocycles. The van der Waals surface area contributed by atoms with E-state index in [-0.39, 0.29) is 10.8 Å². The van der Waals surface area contributed by atoms with E-state index in [9.17, 15) is 13.2 Å². The first-order chi connectivity index (χ1) is 14.9. The van der Waals surface area contributed by atoms with Gasteiger partial charge in [-0.05, 0) is 62.1 Å². The van der Waals surface area contributed by atoms with Crippen LogP contribution in [0.1, 0.15) is 40.7 Å². The minimum absolute atomic E-state index is 0.0860. The topological polar surface area (TPSA) is 60.9 Å². The van der Waals surface area contributed by atoms with Crippen LogP contribution in [0.2, 0.25) is 0 Å². The smallest absolute Gasteiger partial charge is 0.254 e. The molecule has 0 N–H and O–H groups in total. The monoisotopic (exact) mass is 441 g/mol. The Hall–Kier alpha value is -2.38. The average molecular weight is 442 g/mol. The quantitative estimate of drug-likeness (QED) is 0.729. The lowest BCUT2D eigenvalue weighted by atomic mass is 10.1. The van der Waals surface area contributed by atoms with Crippen LogP contribution in [0.25, 0.3) is 0 Å². The first kappa shape index (κ1) is 21.8. The number of benzene rings is 2. The Morgan fingerprint density at radius 3 is 2.23 bits per heavy atom. The number of rotatable bonds is 4. The fourth-order valence-electron chi connectivity index (χ4n) is 4.41.